The zero-order valence-corrected chi connectivity index (χ0v) is 8.24. The molecule has 0 amide bonds. The first kappa shape index (κ1) is 11.8. The van der Waals surface area contributed by atoms with Crippen LogP contribution in [-0.4, -0.2) is 76.7 Å². The average Bonchev–Trinajstić information content (AvgIpc) is 2.10. The second kappa shape index (κ2) is 4.52. The van der Waals surface area contributed by atoms with Gasteiger partial charge in [0.05, 0.1) is 12.6 Å². The summed E-state index contributed by atoms with van der Waals surface area (Å²) in [5.74, 6) is 0. The molecule has 1 aliphatic heterocycles. The van der Waals surface area contributed by atoms with Crippen LogP contribution in [0, 0.1) is 0 Å². The second-order valence-electron chi connectivity index (χ2n) is 3.68. The van der Waals surface area contributed by atoms with Crippen molar-refractivity contribution in [2.75, 3.05) is 20.7 Å². The normalized spacial score (nSPS) is 44.4. The lowest BCUT2D eigenvalue weighted by Gasteiger charge is -2.42. The minimum atomic E-state index is -1.21. The van der Waals surface area contributed by atoms with E-state index in [4.69, 9.17) is 9.84 Å². The number of nitrogens with zero attached hydrogens (tertiary/aromatic N) is 1. The van der Waals surface area contributed by atoms with Gasteiger partial charge in [-0.05, 0) is 14.1 Å². The van der Waals surface area contributed by atoms with E-state index in [0.29, 0.717) is 0 Å². The summed E-state index contributed by atoms with van der Waals surface area (Å²) in [6.45, 7) is -0.435. The van der Waals surface area contributed by atoms with Crippen molar-refractivity contribution in [3.63, 3.8) is 0 Å². The predicted molar refractivity (Wildman–Crippen MR) is 47.5 cm³/mol. The van der Waals surface area contributed by atoms with Gasteiger partial charge < -0.3 is 25.2 Å². The van der Waals surface area contributed by atoms with Gasteiger partial charge in [-0.3, -0.25) is 4.90 Å². The van der Waals surface area contributed by atoms with Crippen LogP contribution in [0.25, 0.3) is 0 Å². The van der Waals surface area contributed by atoms with Crippen molar-refractivity contribution in [1.82, 2.24) is 4.90 Å². The Morgan fingerprint density at radius 1 is 1.14 bits per heavy atom. The van der Waals surface area contributed by atoms with Crippen molar-refractivity contribution in [2.24, 2.45) is 0 Å². The van der Waals surface area contributed by atoms with Crippen molar-refractivity contribution in [2.45, 2.75) is 30.6 Å². The van der Waals surface area contributed by atoms with Crippen molar-refractivity contribution in [3.05, 3.63) is 0 Å². The molecule has 1 saturated heterocycles. The highest BCUT2D eigenvalue weighted by Crippen LogP contribution is 2.22. The van der Waals surface area contributed by atoms with Gasteiger partial charge in [0.25, 0.3) is 0 Å². The Bertz CT molecular complexity index is 189. The minimum absolute atomic E-state index is 0.435. The van der Waals surface area contributed by atoms with E-state index in [1.165, 1.54) is 0 Å². The Kier molecular flexibility index (Phi) is 3.82. The van der Waals surface area contributed by atoms with Crippen LogP contribution in [0.5, 0.6) is 0 Å². The van der Waals surface area contributed by atoms with E-state index in [2.05, 4.69) is 0 Å². The van der Waals surface area contributed by atoms with Crippen LogP contribution in [0.1, 0.15) is 0 Å². The minimum Gasteiger partial charge on any atom is -0.394 e. The van der Waals surface area contributed by atoms with Gasteiger partial charge in [-0.1, -0.05) is 0 Å². The molecule has 4 unspecified atom stereocenters. The summed E-state index contributed by atoms with van der Waals surface area (Å²) in [6.07, 6.45) is -4.46. The monoisotopic (exact) mass is 207 g/mol. The summed E-state index contributed by atoms with van der Waals surface area (Å²) in [5, 5.41) is 37.4. The summed E-state index contributed by atoms with van der Waals surface area (Å²) in [6, 6.07) is -0.687. The molecule has 1 heterocycles. The highest BCUT2D eigenvalue weighted by molar-refractivity contribution is 4.92. The number of ether oxygens (including phenoxy) is 1. The lowest BCUT2D eigenvalue weighted by molar-refractivity contribution is -0.268. The van der Waals surface area contributed by atoms with Crippen LogP contribution in [-0.2, 0) is 4.74 Å². The molecule has 0 bridgehead atoms. The molecule has 6 nitrogen and oxygen atoms in total. The highest BCUT2D eigenvalue weighted by Gasteiger charge is 2.44. The fourth-order valence-corrected chi connectivity index (χ4v) is 1.64. The maximum absolute atomic E-state index is 9.64. The molecule has 5 atom stereocenters. The Morgan fingerprint density at radius 3 is 2.14 bits per heavy atom. The topological polar surface area (TPSA) is 93.4 Å². The molecule has 0 aromatic heterocycles. The number of hydrogen-bond donors (Lipinski definition) is 4. The van der Waals surface area contributed by atoms with E-state index in [9.17, 15) is 15.3 Å². The molecule has 1 fully saturated rings. The average molecular weight is 207 g/mol. The maximum atomic E-state index is 9.64. The van der Waals surface area contributed by atoms with E-state index in [1.807, 2.05) is 0 Å². The quantitative estimate of drug-likeness (QED) is 0.395. The summed E-state index contributed by atoms with van der Waals surface area (Å²) in [7, 11) is 3.32. The molecular weight excluding hydrogens is 190 g/mol. The Hall–Kier alpha value is -0.240. The molecule has 84 valence electrons. The number of likely N-dealkylation sites (N-methyl/N-ethyl adjacent to an activating group) is 1. The predicted octanol–water partition coefficient (Wildman–Crippen LogP) is -2.65. The van der Waals surface area contributed by atoms with Crippen LogP contribution in [0.15, 0.2) is 0 Å². The van der Waals surface area contributed by atoms with Gasteiger partial charge in [0.2, 0.25) is 0 Å². The second-order valence-corrected chi connectivity index (χ2v) is 3.68. The third-order valence-corrected chi connectivity index (χ3v) is 2.46. The van der Waals surface area contributed by atoms with Gasteiger partial charge in [-0.25, -0.2) is 0 Å². The molecule has 0 radical (unpaired) electrons. The van der Waals surface area contributed by atoms with Crippen LogP contribution in [0.2, 0.25) is 0 Å². The zero-order valence-electron chi connectivity index (χ0n) is 8.24. The molecule has 4 N–H and O–H groups in total. The molecule has 0 spiro atoms. The molecule has 0 aromatic carbocycles. The lowest BCUT2D eigenvalue weighted by Crippen LogP contribution is -2.62. The SMILES string of the molecule is CN(C)C1C(O)OC(CO)C(O)[C@H]1O. The summed E-state index contributed by atoms with van der Waals surface area (Å²) in [4.78, 5) is 1.56. The lowest BCUT2D eigenvalue weighted by atomic mass is 9.96. The van der Waals surface area contributed by atoms with E-state index in [0.717, 1.165) is 0 Å². The number of rotatable bonds is 2. The van der Waals surface area contributed by atoms with Crippen LogP contribution in [0.3, 0.4) is 0 Å². The van der Waals surface area contributed by atoms with Crippen LogP contribution in [0.4, 0.5) is 0 Å². The van der Waals surface area contributed by atoms with Crippen molar-refractivity contribution < 1.29 is 25.2 Å². The zero-order chi connectivity index (χ0) is 10.9. The summed E-state index contributed by atoms with van der Waals surface area (Å²) in [5.41, 5.74) is 0. The standard InChI is InChI=1S/C8H17NO5/c1-9(2)5-7(12)6(11)4(3-10)14-8(5)13/h4-8,10-13H,3H2,1-2H3/t4?,5?,6?,7-,8?/m0/s1. The Labute approximate surface area is 82.3 Å². The van der Waals surface area contributed by atoms with Gasteiger partial charge >= 0.3 is 0 Å². The van der Waals surface area contributed by atoms with Crippen molar-refractivity contribution in [1.29, 1.82) is 0 Å². The van der Waals surface area contributed by atoms with Gasteiger partial charge in [-0.15, -0.1) is 0 Å². The largest absolute Gasteiger partial charge is 0.394 e. The van der Waals surface area contributed by atoms with Crippen LogP contribution >= 0.6 is 0 Å². The highest BCUT2D eigenvalue weighted by atomic mass is 16.6. The summed E-state index contributed by atoms with van der Waals surface area (Å²) < 4.78 is 4.95. The van der Waals surface area contributed by atoms with Gasteiger partial charge in [0.1, 0.15) is 18.3 Å². The number of aliphatic hydroxyl groups is 4. The van der Waals surface area contributed by atoms with Crippen molar-refractivity contribution >= 4 is 0 Å². The Morgan fingerprint density at radius 2 is 1.71 bits per heavy atom. The Balaban J connectivity index is 2.74. The van der Waals surface area contributed by atoms with Gasteiger partial charge in [0, 0.05) is 0 Å². The molecule has 0 saturated carbocycles. The third kappa shape index (κ3) is 2.05. The van der Waals surface area contributed by atoms with E-state index >= 15 is 0 Å². The fourth-order valence-electron chi connectivity index (χ4n) is 1.64. The van der Waals surface area contributed by atoms with Gasteiger partial charge in [-0.2, -0.15) is 0 Å². The smallest absolute Gasteiger partial charge is 0.173 e. The molecular formula is C8H17NO5. The fraction of sp³-hybridized carbons (Fsp3) is 1.00. The third-order valence-electron chi connectivity index (χ3n) is 2.46. The number of hydrogen-bond acceptors (Lipinski definition) is 6. The van der Waals surface area contributed by atoms with Crippen molar-refractivity contribution in [3.8, 4) is 0 Å². The number of aliphatic hydroxyl groups excluding tert-OH is 4. The molecule has 0 aromatic rings. The van der Waals surface area contributed by atoms with Crippen LogP contribution < -0.4 is 0 Å². The first-order valence-electron chi connectivity index (χ1n) is 4.46. The maximum Gasteiger partial charge on any atom is 0.173 e. The first-order chi connectivity index (χ1) is 6.49. The molecule has 1 aliphatic rings. The summed E-state index contributed by atoms with van der Waals surface area (Å²) >= 11 is 0. The van der Waals surface area contributed by atoms with E-state index in [-0.39, 0.29) is 0 Å². The van der Waals surface area contributed by atoms with E-state index in [1.54, 1.807) is 19.0 Å². The molecule has 1 rings (SSSR count). The molecule has 0 aliphatic carbocycles. The first-order valence-corrected chi connectivity index (χ1v) is 4.46. The van der Waals surface area contributed by atoms with Gasteiger partial charge in [0.15, 0.2) is 6.29 Å². The molecule has 14 heavy (non-hydrogen) atoms. The molecule has 6 heteroatoms. The van der Waals surface area contributed by atoms with E-state index < -0.39 is 37.3 Å².